The standard InChI is InChI=1S/C15H27N3/c1-13(2)16-12-15(8-5-4-6-9-15)11-14-7-10-18(3)17-14/h7,10,13,16H,4-6,8-9,11-12H2,1-3H3. The molecule has 1 aromatic rings. The van der Waals surface area contributed by atoms with E-state index in [1.807, 2.05) is 11.7 Å². The van der Waals surface area contributed by atoms with Crippen LogP contribution in [-0.2, 0) is 13.5 Å². The molecule has 18 heavy (non-hydrogen) atoms. The van der Waals surface area contributed by atoms with Gasteiger partial charge in [-0.3, -0.25) is 4.68 Å². The minimum atomic E-state index is 0.441. The lowest BCUT2D eigenvalue weighted by atomic mass is 9.71. The lowest BCUT2D eigenvalue weighted by Gasteiger charge is -2.38. The van der Waals surface area contributed by atoms with Crippen LogP contribution in [0, 0.1) is 5.41 Å². The van der Waals surface area contributed by atoms with E-state index in [0.717, 1.165) is 13.0 Å². The fourth-order valence-corrected chi connectivity index (χ4v) is 3.08. The van der Waals surface area contributed by atoms with Gasteiger partial charge >= 0.3 is 0 Å². The van der Waals surface area contributed by atoms with Crippen LogP contribution in [0.15, 0.2) is 12.3 Å². The molecule has 0 radical (unpaired) electrons. The van der Waals surface area contributed by atoms with Gasteiger partial charge in [0.25, 0.3) is 0 Å². The van der Waals surface area contributed by atoms with Crippen molar-refractivity contribution in [2.24, 2.45) is 12.5 Å². The Bertz CT molecular complexity index is 362. The summed E-state index contributed by atoms with van der Waals surface area (Å²) in [6.07, 6.45) is 10.1. The molecule has 0 saturated heterocycles. The summed E-state index contributed by atoms with van der Waals surface area (Å²) in [6.45, 7) is 5.61. The third-order valence-electron chi connectivity index (χ3n) is 4.12. The van der Waals surface area contributed by atoms with Crippen LogP contribution in [0.3, 0.4) is 0 Å². The van der Waals surface area contributed by atoms with Crippen LogP contribution in [-0.4, -0.2) is 22.4 Å². The molecular formula is C15H27N3. The summed E-state index contributed by atoms with van der Waals surface area (Å²) < 4.78 is 1.92. The Kier molecular flexibility index (Phi) is 4.44. The summed E-state index contributed by atoms with van der Waals surface area (Å²) in [4.78, 5) is 0. The summed E-state index contributed by atoms with van der Waals surface area (Å²) in [6, 6.07) is 2.75. The fourth-order valence-electron chi connectivity index (χ4n) is 3.08. The van der Waals surface area contributed by atoms with Gasteiger partial charge in [-0.15, -0.1) is 0 Å². The van der Waals surface area contributed by atoms with Crippen LogP contribution in [0.25, 0.3) is 0 Å². The third-order valence-corrected chi connectivity index (χ3v) is 4.12. The van der Waals surface area contributed by atoms with Crippen molar-refractivity contribution in [1.29, 1.82) is 0 Å². The Morgan fingerprint density at radius 2 is 2.06 bits per heavy atom. The third kappa shape index (κ3) is 3.58. The molecular weight excluding hydrogens is 222 g/mol. The number of nitrogens with zero attached hydrogens (tertiary/aromatic N) is 2. The smallest absolute Gasteiger partial charge is 0.0630 e. The van der Waals surface area contributed by atoms with Crippen molar-refractivity contribution in [3.8, 4) is 0 Å². The molecule has 1 N–H and O–H groups in total. The molecule has 0 spiro atoms. The molecule has 3 heteroatoms. The maximum Gasteiger partial charge on any atom is 0.0630 e. The predicted molar refractivity (Wildman–Crippen MR) is 75.6 cm³/mol. The maximum atomic E-state index is 4.57. The van der Waals surface area contributed by atoms with E-state index in [-0.39, 0.29) is 0 Å². The zero-order valence-corrected chi connectivity index (χ0v) is 12.1. The first-order valence-electron chi connectivity index (χ1n) is 7.32. The quantitative estimate of drug-likeness (QED) is 0.869. The van der Waals surface area contributed by atoms with E-state index < -0.39 is 0 Å². The van der Waals surface area contributed by atoms with Crippen LogP contribution in [0.5, 0.6) is 0 Å². The SMILES string of the molecule is CC(C)NCC1(Cc2ccn(C)n2)CCCCC1. The van der Waals surface area contributed by atoms with Crippen LogP contribution in [0.1, 0.15) is 51.6 Å². The van der Waals surface area contributed by atoms with E-state index in [9.17, 15) is 0 Å². The minimum Gasteiger partial charge on any atom is -0.314 e. The molecule has 102 valence electrons. The highest BCUT2D eigenvalue weighted by Crippen LogP contribution is 2.38. The van der Waals surface area contributed by atoms with Gasteiger partial charge in [0, 0.05) is 25.8 Å². The summed E-state index contributed by atoms with van der Waals surface area (Å²) >= 11 is 0. The molecule has 1 aromatic heterocycles. The van der Waals surface area contributed by atoms with E-state index in [4.69, 9.17) is 0 Å². The molecule has 0 atom stereocenters. The van der Waals surface area contributed by atoms with Gasteiger partial charge in [0.2, 0.25) is 0 Å². The Morgan fingerprint density at radius 3 is 2.61 bits per heavy atom. The van der Waals surface area contributed by atoms with Gasteiger partial charge in [-0.05, 0) is 30.7 Å². The summed E-state index contributed by atoms with van der Waals surface area (Å²) in [5.41, 5.74) is 1.70. The van der Waals surface area contributed by atoms with Gasteiger partial charge in [0.05, 0.1) is 5.69 Å². The highest BCUT2D eigenvalue weighted by atomic mass is 15.2. The molecule has 1 heterocycles. The van der Waals surface area contributed by atoms with E-state index in [1.165, 1.54) is 37.8 Å². The first-order chi connectivity index (χ1) is 8.60. The number of hydrogen-bond donors (Lipinski definition) is 1. The van der Waals surface area contributed by atoms with Crippen molar-refractivity contribution in [3.05, 3.63) is 18.0 Å². The number of nitrogens with one attached hydrogen (secondary N) is 1. The monoisotopic (exact) mass is 249 g/mol. The van der Waals surface area contributed by atoms with Gasteiger partial charge < -0.3 is 5.32 Å². The second-order valence-electron chi connectivity index (χ2n) is 6.25. The molecule has 1 saturated carbocycles. The minimum absolute atomic E-state index is 0.441. The maximum absolute atomic E-state index is 4.57. The largest absolute Gasteiger partial charge is 0.314 e. The summed E-state index contributed by atoms with van der Waals surface area (Å²) in [5, 5.41) is 8.21. The topological polar surface area (TPSA) is 29.9 Å². The zero-order valence-electron chi connectivity index (χ0n) is 12.1. The number of hydrogen-bond acceptors (Lipinski definition) is 2. The van der Waals surface area contributed by atoms with Crippen molar-refractivity contribution in [3.63, 3.8) is 0 Å². The number of aryl methyl sites for hydroxylation is 1. The van der Waals surface area contributed by atoms with Crippen LogP contribution < -0.4 is 5.32 Å². The van der Waals surface area contributed by atoms with Crippen LogP contribution in [0.2, 0.25) is 0 Å². The molecule has 1 aliphatic carbocycles. The molecule has 0 aliphatic heterocycles. The molecule has 0 aromatic carbocycles. The van der Waals surface area contributed by atoms with E-state index in [0.29, 0.717) is 11.5 Å². The van der Waals surface area contributed by atoms with Crippen LogP contribution in [0.4, 0.5) is 0 Å². The average molecular weight is 249 g/mol. The fraction of sp³-hybridized carbons (Fsp3) is 0.800. The van der Waals surface area contributed by atoms with Gasteiger partial charge in [-0.2, -0.15) is 5.10 Å². The highest BCUT2D eigenvalue weighted by Gasteiger charge is 2.32. The molecule has 0 bridgehead atoms. The first kappa shape index (κ1) is 13.6. The molecule has 1 aliphatic rings. The Labute approximate surface area is 111 Å². The number of rotatable bonds is 5. The first-order valence-corrected chi connectivity index (χ1v) is 7.32. The molecule has 3 nitrogen and oxygen atoms in total. The molecule has 0 amide bonds. The van der Waals surface area contributed by atoms with Crippen molar-refractivity contribution >= 4 is 0 Å². The van der Waals surface area contributed by atoms with Crippen molar-refractivity contribution in [1.82, 2.24) is 15.1 Å². The zero-order chi connectivity index (χ0) is 13.0. The van der Waals surface area contributed by atoms with Gasteiger partial charge in [0.15, 0.2) is 0 Å². The summed E-state index contributed by atoms with van der Waals surface area (Å²) in [5.74, 6) is 0. The predicted octanol–water partition coefficient (Wildman–Crippen LogP) is 2.91. The average Bonchev–Trinajstić information content (AvgIpc) is 2.73. The van der Waals surface area contributed by atoms with Crippen molar-refractivity contribution in [2.45, 2.75) is 58.4 Å². The molecule has 2 rings (SSSR count). The van der Waals surface area contributed by atoms with Crippen molar-refractivity contribution in [2.75, 3.05) is 6.54 Å². The lowest BCUT2D eigenvalue weighted by Crippen LogP contribution is -2.40. The molecule has 0 unspecified atom stereocenters. The normalized spacial score (nSPS) is 19.3. The van der Waals surface area contributed by atoms with E-state index >= 15 is 0 Å². The highest BCUT2D eigenvalue weighted by molar-refractivity contribution is 5.04. The van der Waals surface area contributed by atoms with E-state index in [2.05, 4.69) is 36.5 Å². The second kappa shape index (κ2) is 5.87. The van der Waals surface area contributed by atoms with Crippen LogP contribution >= 0.6 is 0 Å². The molecule has 1 fully saturated rings. The second-order valence-corrected chi connectivity index (χ2v) is 6.25. The Hall–Kier alpha value is -0.830. The number of aromatic nitrogens is 2. The Morgan fingerprint density at radius 1 is 1.33 bits per heavy atom. The van der Waals surface area contributed by atoms with Gasteiger partial charge in [0.1, 0.15) is 0 Å². The Balaban J connectivity index is 2.03. The van der Waals surface area contributed by atoms with Gasteiger partial charge in [-0.25, -0.2) is 0 Å². The van der Waals surface area contributed by atoms with E-state index in [1.54, 1.807) is 0 Å². The van der Waals surface area contributed by atoms with Gasteiger partial charge in [-0.1, -0.05) is 33.1 Å². The van der Waals surface area contributed by atoms with Crippen molar-refractivity contribution < 1.29 is 0 Å². The lowest BCUT2D eigenvalue weighted by molar-refractivity contribution is 0.174. The summed E-state index contributed by atoms with van der Waals surface area (Å²) in [7, 11) is 2.00.